The molecule has 0 radical (unpaired) electrons. The van der Waals surface area contributed by atoms with Crippen molar-refractivity contribution in [3.63, 3.8) is 0 Å². The third kappa shape index (κ3) is 18.0. The Hall–Kier alpha value is -0.610. The quantitative estimate of drug-likeness (QED) is 0.285. The zero-order chi connectivity index (χ0) is 18.8. The largest absolute Gasteiger partial charge is 0.356 e. The van der Waals surface area contributed by atoms with Gasteiger partial charge in [-0.15, -0.1) is 0 Å². The molecule has 3 N–H and O–H groups in total. The van der Waals surface area contributed by atoms with Crippen molar-refractivity contribution in [1.82, 2.24) is 5.32 Å². The fourth-order valence-electron chi connectivity index (χ4n) is 3.22. The van der Waals surface area contributed by atoms with Crippen LogP contribution in [0.3, 0.4) is 0 Å². The van der Waals surface area contributed by atoms with Crippen LogP contribution < -0.4 is 11.1 Å². The number of hydrogen-bond acceptors (Lipinski definition) is 2. The first-order valence-electron chi connectivity index (χ1n) is 10.8. The molecule has 0 aliphatic heterocycles. The molecule has 25 heavy (non-hydrogen) atoms. The number of carbonyl (C=O) groups is 1. The second-order valence-electron chi connectivity index (χ2n) is 8.16. The molecule has 0 heterocycles. The van der Waals surface area contributed by atoms with Crippen LogP contribution in [0.25, 0.3) is 0 Å². The third-order valence-corrected chi connectivity index (χ3v) is 4.99. The number of hydrogen-bond donors (Lipinski definition) is 2. The van der Waals surface area contributed by atoms with Gasteiger partial charge in [0.2, 0.25) is 5.91 Å². The van der Waals surface area contributed by atoms with E-state index in [0.717, 1.165) is 49.8 Å². The highest BCUT2D eigenvalue weighted by Gasteiger charge is 2.13. The highest BCUT2D eigenvalue weighted by Crippen LogP contribution is 2.10. The molecule has 0 fully saturated rings. The van der Waals surface area contributed by atoms with Gasteiger partial charge < -0.3 is 15.5 Å². The van der Waals surface area contributed by atoms with E-state index < -0.39 is 0 Å². The van der Waals surface area contributed by atoms with E-state index in [1.54, 1.807) is 0 Å². The predicted octanol–water partition coefficient (Wildman–Crippen LogP) is 4.23. The number of carbonyl (C=O) groups excluding carboxylic acids is 1. The van der Waals surface area contributed by atoms with E-state index in [9.17, 15) is 4.79 Å². The van der Waals surface area contributed by atoms with Gasteiger partial charge >= 0.3 is 0 Å². The van der Waals surface area contributed by atoms with Gasteiger partial charge in [0.05, 0.1) is 27.2 Å². The maximum Gasteiger partial charge on any atom is 0.219 e. The van der Waals surface area contributed by atoms with Crippen LogP contribution in [0, 0.1) is 0 Å². The number of rotatable bonds is 18. The molecule has 0 saturated carbocycles. The SMILES string of the molecule is CCCCCCCCCC[N+](C)(C)CCCNC(=O)CCCCCN. The molecule has 0 aromatic heterocycles. The molecule has 0 aromatic rings. The highest BCUT2D eigenvalue weighted by atomic mass is 16.1. The second kappa shape index (κ2) is 16.8. The van der Waals surface area contributed by atoms with Crippen molar-refractivity contribution in [3.8, 4) is 0 Å². The lowest BCUT2D eigenvalue weighted by Gasteiger charge is -2.30. The van der Waals surface area contributed by atoms with Crippen molar-refractivity contribution in [1.29, 1.82) is 0 Å². The molecule has 0 aliphatic rings. The van der Waals surface area contributed by atoms with Gasteiger partial charge in [-0.1, -0.05) is 51.9 Å². The number of nitrogens with two attached hydrogens (primary N) is 1. The van der Waals surface area contributed by atoms with Crippen molar-refractivity contribution in [2.45, 2.75) is 90.4 Å². The zero-order valence-corrected chi connectivity index (χ0v) is 17.5. The molecule has 150 valence electrons. The van der Waals surface area contributed by atoms with Crippen LogP contribution in [-0.2, 0) is 4.79 Å². The van der Waals surface area contributed by atoms with Gasteiger partial charge in [0.1, 0.15) is 0 Å². The minimum Gasteiger partial charge on any atom is -0.356 e. The first-order chi connectivity index (χ1) is 12.0. The average Bonchev–Trinajstić information content (AvgIpc) is 2.58. The van der Waals surface area contributed by atoms with Crippen LogP contribution in [-0.4, -0.2) is 50.7 Å². The molecule has 0 aliphatic carbocycles. The van der Waals surface area contributed by atoms with E-state index in [1.807, 2.05) is 0 Å². The summed E-state index contributed by atoms with van der Waals surface area (Å²) < 4.78 is 1.07. The lowest BCUT2D eigenvalue weighted by molar-refractivity contribution is -0.890. The topological polar surface area (TPSA) is 55.1 Å². The van der Waals surface area contributed by atoms with Crippen molar-refractivity contribution in [2.75, 3.05) is 40.3 Å². The summed E-state index contributed by atoms with van der Waals surface area (Å²) in [5.74, 6) is 0.199. The summed E-state index contributed by atoms with van der Waals surface area (Å²) in [6.45, 7) is 6.21. The summed E-state index contributed by atoms with van der Waals surface area (Å²) in [7, 11) is 4.63. The summed E-state index contributed by atoms with van der Waals surface area (Å²) >= 11 is 0. The van der Waals surface area contributed by atoms with Gasteiger partial charge in [0, 0.05) is 19.4 Å². The first kappa shape index (κ1) is 24.4. The van der Waals surface area contributed by atoms with E-state index in [2.05, 4.69) is 26.3 Å². The molecule has 4 heteroatoms. The Morgan fingerprint density at radius 3 is 2.00 bits per heavy atom. The monoisotopic (exact) mass is 356 g/mol. The molecule has 0 aromatic carbocycles. The highest BCUT2D eigenvalue weighted by molar-refractivity contribution is 5.75. The van der Waals surface area contributed by atoms with E-state index >= 15 is 0 Å². The van der Waals surface area contributed by atoms with Gasteiger partial charge in [0.25, 0.3) is 0 Å². The zero-order valence-electron chi connectivity index (χ0n) is 17.5. The second-order valence-corrected chi connectivity index (χ2v) is 8.16. The van der Waals surface area contributed by atoms with Gasteiger partial charge in [-0.25, -0.2) is 0 Å². The number of nitrogens with one attached hydrogen (secondary N) is 1. The Bertz CT molecular complexity index is 306. The van der Waals surface area contributed by atoms with Crippen LogP contribution in [0.1, 0.15) is 90.4 Å². The summed E-state index contributed by atoms with van der Waals surface area (Å²) in [6.07, 6.45) is 15.8. The Labute approximate surface area is 157 Å². The molecule has 0 bridgehead atoms. The lowest BCUT2D eigenvalue weighted by Crippen LogP contribution is -2.42. The van der Waals surface area contributed by atoms with Gasteiger partial charge in [-0.2, -0.15) is 0 Å². The minimum absolute atomic E-state index is 0.199. The fourth-order valence-corrected chi connectivity index (χ4v) is 3.22. The average molecular weight is 357 g/mol. The van der Waals surface area contributed by atoms with Crippen molar-refractivity contribution < 1.29 is 9.28 Å². The normalized spacial score (nSPS) is 11.7. The number of nitrogens with zero attached hydrogens (tertiary/aromatic N) is 1. The number of unbranched alkanes of at least 4 members (excludes halogenated alkanes) is 9. The van der Waals surface area contributed by atoms with E-state index in [4.69, 9.17) is 5.73 Å². The van der Waals surface area contributed by atoms with Crippen LogP contribution in [0.15, 0.2) is 0 Å². The molecular weight excluding hydrogens is 310 g/mol. The van der Waals surface area contributed by atoms with Gasteiger partial charge in [-0.3, -0.25) is 4.79 Å². The fraction of sp³-hybridized carbons (Fsp3) is 0.952. The summed E-state index contributed by atoms with van der Waals surface area (Å²) in [6, 6.07) is 0. The van der Waals surface area contributed by atoms with E-state index in [1.165, 1.54) is 57.9 Å². The van der Waals surface area contributed by atoms with E-state index in [-0.39, 0.29) is 5.91 Å². The van der Waals surface area contributed by atoms with E-state index in [0.29, 0.717) is 6.42 Å². The molecular formula is C21H46N3O+. The molecule has 0 unspecified atom stereocenters. The Balaban J connectivity index is 3.49. The maximum atomic E-state index is 11.7. The Morgan fingerprint density at radius 1 is 0.800 bits per heavy atom. The smallest absolute Gasteiger partial charge is 0.219 e. The third-order valence-electron chi connectivity index (χ3n) is 4.99. The van der Waals surface area contributed by atoms with Crippen LogP contribution in [0.2, 0.25) is 0 Å². The first-order valence-corrected chi connectivity index (χ1v) is 10.8. The minimum atomic E-state index is 0.199. The predicted molar refractivity (Wildman–Crippen MR) is 110 cm³/mol. The summed E-state index contributed by atoms with van der Waals surface area (Å²) in [4.78, 5) is 11.7. The molecule has 0 saturated heterocycles. The van der Waals surface area contributed by atoms with Crippen LogP contribution in [0.4, 0.5) is 0 Å². The lowest BCUT2D eigenvalue weighted by atomic mass is 10.1. The van der Waals surface area contributed by atoms with Crippen LogP contribution >= 0.6 is 0 Å². The molecule has 0 atom stereocenters. The number of quaternary nitrogens is 1. The Morgan fingerprint density at radius 2 is 1.36 bits per heavy atom. The standard InChI is InChI=1S/C21H45N3O/c1-4-5-6-7-8-9-10-14-19-24(2,3)20-15-18-23-21(25)16-12-11-13-17-22/h4-20,22H2,1-3H3/p+1. The van der Waals surface area contributed by atoms with Crippen molar-refractivity contribution >= 4 is 5.91 Å². The maximum absolute atomic E-state index is 11.7. The van der Waals surface area contributed by atoms with Crippen LogP contribution in [0.5, 0.6) is 0 Å². The molecule has 0 spiro atoms. The van der Waals surface area contributed by atoms with Crippen molar-refractivity contribution in [3.05, 3.63) is 0 Å². The molecule has 0 rings (SSSR count). The van der Waals surface area contributed by atoms with Gasteiger partial charge in [-0.05, 0) is 32.2 Å². The molecule has 1 amide bonds. The number of amides is 1. The van der Waals surface area contributed by atoms with Gasteiger partial charge in [0.15, 0.2) is 0 Å². The van der Waals surface area contributed by atoms with Crippen molar-refractivity contribution in [2.24, 2.45) is 5.73 Å². The molecule has 4 nitrogen and oxygen atoms in total. The summed E-state index contributed by atoms with van der Waals surface area (Å²) in [5, 5.41) is 3.05. The summed E-state index contributed by atoms with van der Waals surface area (Å²) in [5.41, 5.74) is 5.46. The Kier molecular flexibility index (Phi) is 16.4.